The monoisotopic (exact) mass is 609 g/mol. The SMILES string of the molecule is O=C(O)C=CC(=O)O.O=C1NC(=NC2COC2)C(=CC2CCN(Cc3ccc(C(F)(F)F)cc3C(F)(F)F)CC2)S1. The Hall–Kier alpha value is -3.37. The molecule has 0 aliphatic carbocycles. The van der Waals surface area contributed by atoms with Crippen molar-refractivity contribution in [2.45, 2.75) is 37.8 Å². The van der Waals surface area contributed by atoms with Gasteiger partial charge in [0.05, 0.1) is 35.3 Å². The van der Waals surface area contributed by atoms with Crippen molar-refractivity contribution in [1.82, 2.24) is 10.2 Å². The molecule has 3 N–H and O–H groups in total. The van der Waals surface area contributed by atoms with Gasteiger partial charge in [-0.2, -0.15) is 26.3 Å². The van der Waals surface area contributed by atoms with Gasteiger partial charge in [-0.1, -0.05) is 12.1 Å². The van der Waals surface area contributed by atoms with E-state index in [9.17, 15) is 40.7 Å². The average Bonchev–Trinajstić information content (AvgIpc) is 3.19. The third kappa shape index (κ3) is 9.89. The smallest absolute Gasteiger partial charge is 0.416 e. The number of rotatable bonds is 6. The molecule has 41 heavy (non-hydrogen) atoms. The molecule has 1 amide bonds. The molecular formula is C25H25F6N3O6S. The topological polar surface area (TPSA) is 129 Å². The zero-order valence-electron chi connectivity index (χ0n) is 21.2. The second kappa shape index (κ2) is 13.5. The first kappa shape index (κ1) is 32.1. The third-order valence-corrected chi connectivity index (χ3v) is 6.95. The first-order chi connectivity index (χ1) is 19.1. The largest absolute Gasteiger partial charge is 0.478 e. The number of thioether (sulfide) groups is 1. The fourth-order valence-electron chi connectivity index (χ4n) is 4.05. The zero-order chi connectivity index (χ0) is 30.4. The molecule has 0 spiro atoms. The van der Waals surface area contributed by atoms with E-state index in [2.05, 4.69) is 10.3 Å². The lowest BCUT2D eigenvalue weighted by molar-refractivity contribution is -0.143. The minimum atomic E-state index is -4.88. The number of carbonyl (C=O) groups is 3. The normalized spacial score (nSPS) is 21.1. The number of carboxylic acid groups (broad SMARTS) is 2. The predicted molar refractivity (Wildman–Crippen MR) is 135 cm³/mol. The van der Waals surface area contributed by atoms with Gasteiger partial charge in [0, 0.05) is 18.7 Å². The highest BCUT2D eigenvalue weighted by molar-refractivity contribution is 8.18. The van der Waals surface area contributed by atoms with Gasteiger partial charge in [-0.25, -0.2) is 9.59 Å². The number of aliphatic carboxylic acids is 2. The lowest BCUT2D eigenvalue weighted by Crippen LogP contribution is -2.35. The van der Waals surface area contributed by atoms with Crippen LogP contribution in [0.1, 0.15) is 29.5 Å². The molecule has 0 unspecified atom stereocenters. The molecule has 1 aromatic carbocycles. The molecule has 0 atom stereocenters. The van der Waals surface area contributed by atoms with E-state index in [-0.39, 0.29) is 35.4 Å². The highest BCUT2D eigenvalue weighted by Crippen LogP contribution is 2.38. The van der Waals surface area contributed by atoms with Crippen LogP contribution in [0.4, 0.5) is 31.1 Å². The van der Waals surface area contributed by atoms with Crippen molar-refractivity contribution in [3.05, 3.63) is 58.0 Å². The predicted octanol–water partition coefficient (Wildman–Crippen LogP) is 4.79. The van der Waals surface area contributed by atoms with Crippen molar-refractivity contribution in [2.75, 3.05) is 26.3 Å². The van der Waals surface area contributed by atoms with Crippen LogP contribution in [-0.4, -0.2) is 70.5 Å². The summed E-state index contributed by atoms with van der Waals surface area (Å²) in [7, 11) is 0. The molecule has 3 fully saturated rings. The summed E-state index contributed by atoms with van der Waals surface area (Å²) >= 11 is 1.06. The van der Waals surface area contributed by atoms with Gasteiger partial charge in [-0.15, -0.1) is 0 Å². The third-order valence-electron chi connectivity index (χ3n) is 6.11. The molecule has 16 heteroatoms. The number of hydrogen-bond donors (Lipinski definition) is 3. The maximum atomic E-state index is 13.4. The molecule has 0 bridgehead atoms. The van der Waals surface area contributed by atoms with Crippen LogP contribution in [0.3, 0.4) is 0 Å². The van der Waals surface area contributed by atoms with Gasteiger partial charge in [0.1, 0.15) is 5.84 Å². The number of amides is 1. The van der Waals surface area contributed by atoms with E-state index in [1.54, 1.807) is 4.90 Å². The number of amidine groups is 1. The minimum Gasteiger partial charge on any atom is -0.478 e. The summed E-state index contributed by atoms with van der Waals surface area (Å²) < 4.78 is 83.9. The number of nitrogens with one attached hydrogen (secondary N) is 1. The zero-order valence-corrected chi connectivity index (χ0v) is 22.0. The van der Waals surface area contributed by atoms with Gasteiger partial charge in [0.2, 0.25) is 0 Å². The van der Waals surface area contributed by atoms with Gasteiger partial charge in [-0.05, 0) is 61.3 Å². The van der Waals surface area contributed by atoms with Crippen molar-refractivity contribution in [3.8, 4) is 0 Å². The number of carboxylic acids is 2. The van der Waals surface area contributed by atoms with Crippen LogP contribution in [-0.2, 0) is 33.2 Å². The van der Waals surface area contributed by atoms with Crippen molar-refractivity contribution in [3.63, 3.8) is 0 Å². The molecule has 3 aliphatic heterocycles. The van der Waals surface area contributed by atoms with E-state index < -0.39 is 35.4 Å². The first-order valence-corrected chi connectivity index (χ1v) is 12.9. The van der Waals surface area contributed by atoms with Crippen LogP contribution in [0.25, 0.3) is 0 Å². The van der Waals surface area contributed by atoms with Gasteiger partial charge >= 0.3 is 24.3 Å². The molecule has 0 saturated carbocycles. The van der Waals surface area contributed by atoms with Crippen molar-refractivity contribution < 1.29 is 55.7 Å². The molecule has 3 heterocycles. The van der Waals surface area contributed by atoms with E-state index >= 15 is 0 Å². The Kier molecular flexibility index (Phi) is 10.6. The number of piperidine rings is 1. The number of halogens is 6. The highest BCUT2D eigenvalue weighted by Gasteiger charge is 2.38. The van der Waals surface area contributed by atoms with Crippen molar-refractivity contribution >= 4 is 34.8 Å². The van der Waals surface area contributed by atoms with Gasteiger partial charge in [0.15, 0.2) is 0 Å². The molecule has 0 radical (unpaired) electrons. The van der Waals surface area contributed by atoms with E-state index in [1.807, 2.05) is 6.08 Å². The fourth-order valence-corrected chi connectivity index (χ4v) is 4.86. The van der Waals surface area contributed by atoms with Gasteiger partial charge < -0.3 is 20.3 Å². The van der Waals surface area contributed by atoms with Gasteiger partial charge in [-0.3, -0.25) is 14.7 Å². The Morgan fingerprint density at radius 1 is 1.05 bits per heavy atom. The molecule has 4 rings (SSSR count). The summed E-state index contributed by atoms with van der Waals surface area (Å²) in [5.41, 5.74) is -2.74. The lowest BCUT2D eigenvalue weighted by atomic mass is 9.95. The lowest BCUT2D eigenvalue weighted by Gasteiger charge is -2.31. The maximum Gasteiger partial charge on any atom is 0.416 e. The molecular weight excluding hydrogens is 584 g/mol. The first-order valence-electron chi connectivity index (χ1n) is 12.1. The standard InChI is InChI=1S/C21H21F6N3O2S.C4H4O4/c22-20(23,24)14-2-1-13(16(8-14)21(25,26)27)9-30-5-3-12(4-6-30)7-17-18(29-19(31)33-17)28-15-10-32-11-15;5-3(6)1-2-4(7)8/h1-2,7-8,12,15H,3-6,9-11H2,(H,28,29,31);1-2H,(H,5,6)(H,7,8). The highest BCUT2D eigenvalue weighted by atomic mass is 32.2. The second-order valence-electron chi connectivity index (χ2n) is 9.21. The molecule has 3 saturated heterocycles. The van der Waals surface area contributed by atoms with Crippen LogP contribution in [0.5, 0.6) is 0 Å². The number of carbonyl (C=O) groups excluding carboxylic acids is 1. The summed E-state index contributed by atoms with van der Waals surface area (Å²) in [4.78, 5) is 37.9. The number of ether oxygens (including phenoxy) is 1. The summed E-state index contributed by atoms with van der Waals surface area (Å²) in [6.07, 6.45) is -5.32. The Labute approximate surface area is 233 Å². The van der Waals surface area contributed by atoms with Crippen LogP contribution in [0.15, 0.2) is 46.3 Å². The van der Waals surface area contributed by atoms with Crippen molar-refractivity contribution in [1.29, 1.82) is 0 Å². The van der Waals surface area contributed by atoms with Crippen LogP contribution < -0.4 is 5.32 Å². The molecule has 9 nitrogen and oxygen atoms in total. The molecule has 0 aromatic heterocycles. The number of benzene rings is 1. The summed E-state index contributed by atoms with van der Waals surface area (Å²) in [5, 5.41) is 18.1. The van der Waals surface area contributed by atoms with Crippen LogP contribution >= 0.6 is 11.8 Å². The number of hydrogen-bond acceptors (Lipinski definition) is 7. The summed E-state index contributed by atoms with van der Waals surface area (Å²) in [5.74, 6) is -1.87. The Balaban J connectivity index is 0.000000507. The number of aliphatic imine (C=N–C) groups is 1. The Bertz CT molecular complexity index is 1220. The van der Waals surface area contributed by atoms with E-state index in [4.69, 9.17) is 14.9 Å². The summed E-state index contributed by atoms with van der Waals surface area (Å²) in [6, 6.07) is 1.81. The number of nitrogens with zero attached hydrogens (tertiary/aromatic N) is 2. The second-order valence-corrected chi connectivity index (χ2v) is 10.2. The van der Waals surface area contributed by atoms with Crippen molar-refractivity contribution in [2.24, 2.45) is 10.9 Å². The van der Waals surface area contributed by atoms with E-state index in [1.165, 1.54) is 0 Å². The molecule has 224 valence electrons. The van der Waals surface area contributed by atoms with E-state index in [0.717, 1.165) is 22.7 Å². The number of alkyl halides is 6. The average molecular weight is 610 g/mol. The quantitative estimate of drug-likeness (QED) is 0.311. The Morgan fingerprint density at radius 3 is 2.15 bits per heavy atom. The maximum absolute atomic E-state index is 13.4. The number of likely N-dealkylation sites (tertiary alicyclic amines) is 1. The number of allylic oxidation sites excluding steroid dienone is 1. The van der Waals surface area contributed by atoms with Gasteiger partial charge in [0.25, 0.3) is 5.24 Å². The van der Waals surface area contributed by atoms with Crippen LogP contribution in [0.2, 0.25) is 0 Å². The fraction of sp³-hybridized carbons (Fsp3) is 0.440. The minimum absolute atomic E-state index is 0.0239. The van der Waals surface area contributed by atoms with E-state index in [0.29, 0.717) is 63.2 Å². The van der Waals surface area contributed by atoms with Crippen LogP contribution in [0, 0.1) is 5.92 Å². The molecule has 3 aliphatic rings. The molecule has 1 aromatic rings. The Morgan fingerprint density at radius 2 is 1.66 bits per heavy atom. The summed E-state index contributed by atoms with van der Waals surface area (Å²) in [6.45, 7) is 1.92.